The van der Waals surface area contributed by atoms with Crippen LogP contribution in [0.25, 0.3) is 0 Å². The molecular weight excluding hydrogens is 142 g/mol. The summed E-state index contributed by atoms with van der Waals surface area (Å²) in [5.74, 6) is 0. The zero-order valence-corrected chi connectivity index (χ0v) is 6.42. The van der Waals surface area contributed by atoms with Crippen molar-refractivity contribution in [2.45, 2.75) is 24.9 Å². The minimum Gasteiger partial charge on any atom is -0.351 e. The molecule has 0 aromatic carbocycles. The van der Waals surface area contributed by atoms with Crippen molar-refractivity contribution in [3.63, 3.8) is 0 Å². The number of nitrogens with one attached hydrogen (secondary N) is 1. The number of urea groups is 1. The van der Waals surface area contributed by atoms with Gasteiger partial charge in [0.25, 0.3) is 0 Å². The number of rotatable bonds is 0. The third-order valence-corrected chi connectivity index (χ3v) is 2.53. The molecule has 2 atom stereocenters. The maximum atomic E-state index is 10.8. The number of nitrogens with two attached hydrogens (primary N) is 1. The summed E-state index contributed by atoms with van der Waals surface area (Å²) in [6.45, 7) is 1.59. The van der Waals surface area contributed by atoms with E-state index >= 15 is 0 Å². The van der Waals surface area contributed by atoms with Crippen molar-refractivity contribution in [3.05, 3.63) is 0 Å². The summed E-state index contributed by atoms with van der Waals surface area (Å²) in [7, 11) is 0. The molecule has 3 N–H and O–H groups in total. The minimum atomic E-state index is -0.275. The van der Waals surface area contributed by atoms with E-state index in [1.165, 1.54) is 12.8 Å². The van der Waals surface area contributed by atoms with Gasteiger partial charge in [-0.05, 0) is 12.8 Å². The highest BCUT2D eigenvalue weighted by molar-refractivity contribution is 5.72. The summed E-state index contributed by atoms with van der Waals surface area (Å²) in [4.78, 5) is 12.5. The van der Waals surface area contributed by atoms with E-state index in [0.29, 0.717) is 12.1 Å². The van der Waals surface area contributed by atoms with Gasteiger partial charge in [-0.1, -0.05) is 0 Å². The number of carbonyl (C=O) groups excluding carboxylic acids is 1. The lowest BCUT2D eigenvalue weighted by molar-refractivity contribution is 0.184. The predicted molar refractivity (Wildman–Crippen MR) is 41.1 cm³/mol. The van der Waals surface area contributed by atoms with E-state index in [1.807, 2.05) is 0 Å². The average Bonchev–Trinajstić information content (AvgIpc) is 2.30. The maximum absolute atomic E-state index is 10.8. The summed E-state index contributed by atoms with van der Waals surface area (Å²) >= 11 is 0. The Labute approximate surface area is 65.7 Å². The molecule has 0 aliphatic carbocycles. The van der Waals surface area contributed by atoms with Gasteiger partial charge in [-0.2, -0.15) is 0 Å². The molecule has 2 unspecified atom stereocenters. The van der Waals surface area contributed by atoms with Gasteiger partial charge in [-0.15, -0.1) is 0 Å². The highest BCUT2D eigenvalue weighted by Gasteiger charge is 2.33. The Morgan fingerprint density at radius 2 is 1.91 bits per heavy atom. The normalized spacial score (nSPS) is 35.8. The Bertz CT molecular complexity index is 171. The second-order valence-electron chi connectivity index (χ2n) is 3.38. The van der Waals surface area contributed by atoms with Gasteiger partial charge in [0.2, 0.25) is 0 Å². The molecule has 0 saturated carbocycles. The zero-order valence-electron chi connectivity index (χ0n) is 6.42. The number of piperazine rings is 1. The number of carbonyl (C=O) groups is 1. The summed E-state index contributed by atoms with van der Waals surface area (Å²) < 4.78 is 0. The van der Waals surface area contributed by atoms with Crippen molar-refractivity contribution in [2.75, 3.05) is 13.1 Å². The first-order valence-electron chi connectivity index (χ1n) is 4.06. The zero-order chi connectivity index (χ0) is 7.84. The van der Waals surface area contributed by atoms with E-state index in [0.717, 1.165) is 13.1 Å². The molecule has 2 rings (SSSR count). The number of fused-ring (bicyclic) bond motifs is 2. The Balaban J connectivity index is 2.02. The van der Waals surface area contributed by atoms with Crippen LogP contribution in [-0.2, 0) is 0 Å². The van der Waals surface area contributed by atoms with Crippen LogP contribution in [0.4, 0.5) is 4.79 Å². The van der Waals surface area contributed by atoms with Crippen LogP contribution in [0, 0.1) is 0 Å². The molecule has 2 aliphatic heterocycles. The highest BCUT2D eigenvalue weighted by atomic mass is 16.2. The highest BCUT2D eigenvalue weighted by Crippen LogP contribution is 2.19. The Morgan fingerprint density at radius 3 is 2.36 bits per heavy atom. The number of primary amides is 1. The molecule has 0 spiro atoms. The van der Waals surface area contributed by atoms with Crippen LogP contribution in [0.3, 0.4) is 0 Å². The molecule has 4 nitrogen and oxygen atoms in total. The maximum Gasteiger partial charge on any atom is 0.314 e. The van der Waals surface area contributed by atoms with Crippen molar-refractivity contribution < 1.29 is 4.79 Å². The van der Waals surface area contributed by atoms with Crippen LogP contribution in [-0.4, -0.2) is 36.1 Å². The quantitative estimate of drug-likeness (QED) is 0.495. The molecule has 62 valence electrons. The van der Waals surface area contributed by atoms with E-state index in [4.69, 9.17) is 5.73 Å². The van der Waals surface area contributed by atoms with Crippen molar-refractivity contribution >= 4 is 6.03 Å². The minimum absolute atomic E-state index is 0.275. The smallest absolute Gasteiger partial charge is 0.314 e. The van der Waals surface area contributed by atoms with Gasteiger partial charge >= 0.3 is 6.03 Å². The Morgan fingerprint density at radius 1 is 1.36 bits per heavy atom. The fourth-order valence-electron chi connectivity index (χ4n) is 1.98. The van der Waals surface area contributed by atoms with Gasteiger partial charge in [0.1, 0.15) is 0 Å². The lowest BCUT2D eigenvalue weighted by atomic mass is 10.2. The van der Waals surface area contributed by atoms with Gasteiger partial charge < -0.3 is 16.0 Å². The monoisotopic (exact) mass is 155 g/mol. The van der Waals surface area contributed by atoms with Crippen LogP contribution in [0.2, 0.25) is 0 Å². The van der Waals surface area contributed by atoms with Crippen LogP contribution < -0.4 is 11.1 Å². The standard InChI is InChI=1S/C7H13N3O/c8-7(11)10-3-5-1-2-6(4-10)9-5/h5-6,9H,1-4H2,(H2,8,11). The lowest BCUT2D eigenvalue weighted by Gasteiger charge is -2.31. The molecule has 2 fully saturated rings. The van der Waals surface area contributed by atoms with Gasteiger partial charge in [0, 0.05) is 25.2 Å². The molecule has 0 radical (unpaired) electrons. The van der Waals surface area contributed by atoms with Gasteiger partial charge in [-0.3, -0.25) is 0 Å². The summed E-state index contributed by atoms with van der Waals surface area (Å²) in [5, 5.41) is 3.43. The molecule has 0 aromatic rings. The third kappa shape index (κ3) is 1.18. The number of hydrogen-bond acceptors (Lipinski definition) is 2. The summed E-state index contributed by atoms with van der Waals surface area (Å²) in [6.07, 6.45) is 2.38. The molecule has 11 heavy (non-hydrogen) atoms. The first-order chi connectivity index (χ1) is 5.25. The van der Waals surface area contributed by atoms with Crippen LogP contribution in [0.1, 0.15) is 12.8 Å². The van der Waals surface area contributed by atoms with E-state index in [2.05, 4.69) is 5.32 Å². The molecule has 2 saturated heterocycles. The molecule has 2 heterocycles. The van der Waals surface area contributed by atoms with Crippen LogP contribution in [0.15, 0.2) is 0 Å². The van der Waals surface area contributed by atoms with Crippen molar-refractivity contribution in [2.24, 2.45) is 5.73 Å². The largest absolute Gasteiger partial charge is 0.351 e. The SMILES string of the molecule is NC(=O)N1CC2CCC(C1)N2. The average molecular weight is 155 g/mol. The second-order valence-corrected chi connectivity index (χ2v) is 3.38. The first-order valence-corrected chi connectivity index (χ1v) is 4.06. The Hall–Kier alpha value is -0.770. The summed E-state index contributed by atoms with van der Waals surface area (Å²) in [6, 6.07) is 0.728. The topological polar surface area (TPSA) is 58.4 Å². The fraction of sp³-hybridized carbons (Fsp3) is 0.857. The lowest BCUT2D eigenvalue weighted by Crippen LogP contribution is -2.54. The molecule has 2 bridgehead atoms. The third-order valence-electron chi connectivity index (χ3n) is 2.53. The predicted octanol–water partition coefficient (Wildman–Crippen LogP) is -0.499. The van der Waals surface area contributed by atoms with Gasteiger partial charge in [0.05, 0.1) is 0 Å². The van der Waals surface area contributed by atoms with Crippen LogP contribution >= 0.6 is 0 Å². The molecule has 0 aromatic heterocycles. The van der Waals surface area contributed by atoms with Gasteiger partial charge in [-0.25, -0.2) is 4.79 Å². The molecule has 2 aliphatic rings. The summed E-state index contributed by atoms with van der Waals surface area (Å²) in [5.41, 5.74) is 5.18. The van der Waals surface area contributed by atoms with E-state index in [9.17, 15) is 4.79 Å². The van der Waals surface area contributed by atoms with E-state index < -0.39 is 0 Å². The second kappa shape index (κ2) is 2.37. The van der Waals surface area contributed by atoms with Crippen molar-refractivity contribution in [1.82, 2.24) is 10.2 Å². The molecular formula is C7H13N3O. The number of amides is 2. The first kappa shape index (κ1) is 6.91. The number of nitrogens with zero attached hydrogens (tertiary/aromatic N) is 1. The number of hydrogen-bond donors (Lipinski definition) is 2. The molecule has 2 amide bonds. The Kier molecular flexibility index (Phi) is 1.49. The van der Waals surface area contributed by atoms with E-state index in [1.54, 1.807) is 4.90 Å². The van der Waals surface area contributed by atoms with E-state index in [-0.39, 0.29) is 6.03 Å². The van der Waals surface area contributed by atoms with Crippen LogP contribution in [0.5, 0.6) is 0 Å². The number of likely N-dealkylation sites (tertiary alicyclic amines) is 1. The van der Waals surface area contributed by atoms with Gasteiger partial charge in [0.15, 0.2) is 0 Å². The van der Waals surface area contributed by atoms with Crippen molar-refractivity contribution in [3.8, 4) is 0 Å². The van der Waals surface area contributed by atoms with Crippen molar-refractivity contribution in [1.29, 1.82) is 0 Å². The fourth-order valence-corrected chi connectivity index (χ4v) is 1.98. The molecule has 4 heteroatoms.